The first-order chi connectivity index (χ1) is 11.1. The Morgan fingerprint density at radius 2 is 1.83 bits per heavy atom. The summed E-state index contributed by atoms with van der Waals surface area (Å²) in [6.07, 6.45) is 1.42. The molecule has 0 aliphatic heterocycles. The lowest BCUT2D eigenvalue weighted by molar-refractivity contribution is 0.0959. The molecule has 1 aromatic carbocycles. The number of halogens is 1. The largest absolute Gasteiger partial charge is 0.493 e. The van der Waals surface area contributed by atoms with Crippen molar-refractivity contribution in [3.05, 3.63) is 39.8 Å². The topological polar surface area (TPSA) is 69.2 Å². The molecule has 0 spiro atoms. The number of ether oxygens (including phenoxy) is 3. The van der Waals surface area contributed by atoms with Crippen LogP contribution in [0.2, 0.25) is 0 Å². The van der Waals surface area contributed by atoms with E-state index in [1.54, 1.807) is 12.1 Å². The van der Waals surface area contributed by atoms with E-state index in [0.29, 0.717) is 22.8 Å². The van der Waals surface area contributed by atoms with E-state index in [4.69, 9.17) is 14.2 Å². The molecule has 0 atom stereocenters. The second kappa shape index (κ2) is 7.59. The third-order valence-electron chi connectivity index (χ3n) is 2.86. The summed E-state index contributed by atoms with van der Waals surface area (Å²) >= 11 is 0.750. The lowest BCUT2D eigenvalue weighted by atomic mass is 10.2. The van der Waals surface area contributed by atoms with Crippen molar-refractivity contribution in [3.8, 4) is 17.2 Å². The molecule has 2 rings (SSSR count). The van der Waals surface area contributed by atoms with Crippen LogP contribution >= 0.6 is 11.3 Å². The van der Waals surface area contributed by atoms with Gasteiger partial charge < -0.3 is 14.2 Å². The van der Waals surface area contributed by atoms with Gasteiger partial charge in [0.2, 0.25) is 5.75 Å². The first-order valence-electron chi connectivity index (χ1n) is 6.47. The zero-order valence-electron chi connectivity index (χ0n) is 12.8. The fraction of sp³-hybridized carbons (Fsp3) is 0.200. The van der Waals surface area contributed by atoms with E-state index >= 15 is 0 Å². The number of nitrogens with one attached hydrogen (secondary N) is 1. The second-order valence-electron chi connectivity index (χ2n) is 4.26. The Morgan fingerprint density at radius 3 is 2.30 bits per heavy atom. The fourth-order valence-corrected chi connectivity index (χ4v) is 2.45. The molecule has 122 valence electrons. The number of benzene rings is 1. The first-order valence-corrected chi connectivity index (χ1v) is 7.29. The summed E-state index contributed by atoms with van der Waals surface area (Å²) in [5.74, 6) is 0.924. The van der Waals surface area contributed by atoms with Gasteiger partial charge >= 0.3 is 0 Å². The molecule has 0 saturated heterocycles. The number of thiophene rings is 1. The Balaban J connectivity index is 2.14. The summed E-state index contributed by atoms with van der Waals surface area (Å²) in [5, 5.41) is 3.41. The Kier molecular flexibility index (Phi) is 5.53. The van der Waals surface area contributed by atoms with Gasteiger partial charge in [-0.3, -0.25) is 4.79 Å². The van der Waals surface area contributed by atoms with E-state index in [2.05, 4.69) is 10.5 Å². The summed E-state index contributed by atoms with van der Waals surface area (Å²) in [4.78, 5) is 12.0. The van der Waals surface area contributed by atoms with Crippen molar-refractivity contribution in [2.45, 2.75) is 0 Å². The van der Waals surface area contributed by atoms with Crippen molar-refractivity contribution in [2.24, 2.45) is 5.10 Å². The monoisotopic (exact) mass is 338 g/mol. The minimum atomic E-state index is -0.484. The van der Waals surface area contributed by atoms with E-state index < -0.39 is 11.0 Å². The van der Waals surface area contributed by atoms with Gasteiger partial charge in [0, 0.05) is 5.56 Å². The third-order valence-corrected chi connectivity index (χ3v) is 3.74. The molecule has 0 aliphatic carbocycles. The van der Waals surface area contributed by atoms with Crippen LogP contribution in [0.3, 0.4) is 0 Å². The minimum absolute atomic E-state index is 0.240. The maximum Gasteiger partial charge on any atom is 0.281 e. The molecular weight excluding hydrogens is 323 g/mol. The van der Waals surface area contributed by atoms with Crippen LogP contribution in [0.1, 0.15) is 15.2 Å². The van der Waals surface area contributed by atoms with Crippen LogP contribution in [0, 0.1) is 5.13 Å². The van der Waals surface area contributed by atoms with Gasteiger partial charge in [-0.2, -0.15) is 9.49 Å². The SMILES string of the molecule is COc1cc(/C=N/NC(=O)c2ccc(F)s2)cc(OC)c1OC. The molecule has 0 unspecified atom stereocenters. The van der Waals surface area contributed by atoms with Crippen LogP contribution < -0.4 is 19.6 Å². The predicted molar refractivity (Wildman–Crippen MR) is 85.4 cm³/mol. The number of carbonyl (C=O) groups is 1. The predicted octanol–water partition coefficient (Wildman–Crippen LogP) is 2.68. The van der Waals surface area contributed by atoms with Gasteiger partial charge in [0.1, 0.15) is 0 Å². The molecule has 0 fully saturated rings. The number of methoxy groups -OCH3 is 3. The van der Waals surface area contributed by atoms with Crippen LogP contribution in [-0.2, 0) is 0 Å². The molecule has 1 N–H and O–H groups in total. The van der Waals surface area contributed by atoms with E-state index in [-0.39, 0.29) is 4.88 Å². The Labute approximate surface area is 136 Å². The summed E-state index contributed by atoms with van der Waals surface area (Å²) in [7, 11) is 4.52. The van der Waals surface area contributed by atoms with Crippen LogP contribution in [0.15, 0.2) is 29.4 Å². The molecule has 0 aliphatic rings. The highest BCUT2D eigenvalue weighted by molar-refractivity contribution is 7.12. The normalized spacial score (nSPS) is 10.6. The summed E-state index contributed by atoms with van der Waals surface area (Å²) in [6.45, 7) is 0. The number of carbonyl (C=O) groups excluding carboxylic acids is 1. The number of nitrogens with zero attached hydrogens (tertiary/aromatic N) is 1. The second-order valence-corrected chi connectivity index (χ2v) is 5.30. The molecule has 1 heterocycles. The van der Waals surface area contributed by atoms with Gasteiger partial charge in [-0.25, -0.2) is 5.43 Å². The maximum absolute atomic E-state index is 12.9. The minimum Gasteiger partial charge on any atom is -0.493 e. The summed E-state index contributed by atoms with van der Waals surface area (Å²) in [5.41, 5.74) is 2.96. The van der Waals surface area contributed by atoms with Gasteiger partial charge in [0.15, 0.2) is 16.6 Å². The van der Waals surface area contributed by atoms with Crippen molar-refractivity contribution in [3.63, 3.8) is 0 Å². The standard InChI is InChI=1S/C15H15FN2O4S/c1-20-10-6-9(7-11(21-2)14(10)22-3)8-17-18-15(19)12-4-5-13(16)23-12/h4-8H,1-3H3,(H,18,19)/b17-8+. The van der Waals surface area contributed by atoms with E-state index in [9.17, 15) is 9.18 Å². The Hall–Kier alpha value is -2.61. The van der Waals surface area contributed by atoms with Crippen molar-refractivity contribution in [1.29, 1.82) is 0 Å². The molecular formula is C15H15FN2O4S. The molecule has 0 bridgehead atoms. The van der Waals surface area contributed by atoms with Crippen molar-refractivity contribution >= 4 is 23.5 Å². The summed E-state index contributed by atoms with van der Waals surface area (Å²) in [6, 6.07) is 5.98. The molecule has 1 aromatic heterocycles. The van der Waals surface area contributed by atoms with Crippen molar-refractivity contribution in [2.75, 3.05) is 21.3 Å². The molecule has 6 nitrogen and oxygen atoms in total. The zero-order valence-corrected chi connectivity index (χ0v) is 13.6. The lowest BCUT2D eigenvalue weighted by Gasteiger charge is -2.12. The molecule has 1 amide bonds. The fourth-order valence-electron chi connectivity index (χ4n) is 1.83. The Morgan fingerprint density at radius 1 is 1.17 bits per heavy atom. The van der Waals surface area contributed by atoms with Gasteiger partial charge in [0.25, 0.3) is 5.91 Å². The third kappa shape index (κ3) is 3.98. The average Bonchev–Trinajstić information content (AvgIpc) is 3.00. The van der Waals surface area contributed by atoms with E-state index in [0.717, 1.165) is 11.3 Å². The van der Waals surface area contributed by atoms with Crippen molar-refractivity contribution < 1.29 is 23.4 Å². The van der Waals surface area contributed by atoms with E-state index in [1.165, 1.54) is 39.7 Å². The number of amides is 1. The highest BCUT2D eigenvalue weighted by atomic mass is 32.1. The molecule has 2 aromatic rings. The van der Waals surface area contributed by atoms with Crippen LogP contribution in [0.4, 0.5) is 4.39 Å². The van der Waals surface area contributed by atoms with Gasteiger partial charge in [-0.15, -0.1) is 11.3 Å². The molecule has 0 radical (unpaired) electrons. The number of rotatable bonds is 6. The molecule has 0 saturated carbocycles. The lowest BCUT2D eigenvalue weighted by Crippen LogP contribution is -2.16. The van der Waals surface area contributed by atoms with E-state index in [1.807, 2.05) is 0 Å². The van der Waals surface area contributed by atoms with Crippen LogP contribution in [0.5, 0.6) is 17.2 Å². The number of hydrogen-bond donors (Lipinski definition) is 1. The van der Waals surface area contributed by atoms with Gasteiger partial charge in [0.05, 0.1) is 32.4 Å². The zero-order chi connectivity index (χ0) is 16.8. The van der Waals surface area contributed by atoms with Crippen LogP contribution in [0.25, 0.3) is 0 Å². The molecule has 8 heteroatoms. The van der Waals surface area contributed by atoms with Crippen LogP contribution in [-0.4, -0.2) is 33.5 Å². The Bertz CT molecular complexity index is 705. The highest BCUT2D eigenvalue weighted by Gasteiger charge is 2.12. The average molecular weight is 338 g/mol. The number of hydrogen-bond acceptors (Lipinski definition) is 6. The summed E-state index contributed by atoms with van der Waals surface area (Å²) < 4.78 is 28.5. The molecule has 23 heavy (non-hydrogen) atoms. The smallest absolute Gasteiger partial charge is 0.281 e. The quantitative estimate of drug-likeness (QED) is 0.649. The first kappa shape index (κ1) is 16.8. The van der Waals surface area contributed by atoms with Crippen molar-refractivity contribution in [1.82, 2.24) is 5.43 Å². The highest BCUT2D eigenvalue weighted by Crippen LogP contribution is 2.37. The van der Waals surface area contributed by atoms with Gasteiger partial charge in [-0.05, 0) is 24.3 Å². The van der Waals surface area contributed by atoms with Gasteiger partial charge in [-0.1, -0.05) is 0 Å². The maximum atomic E-state index is 12.9. The number of hydrazone groups is 1.